The molecule has 1 aliphatic heterocycles. The highest BCUT2D eigenvalue weighted by Crippen LogP contribution is 2.34. The highest BCUT2D eigenvalue weighted by molar-refractivity contribution is 5.94. The predicted octanol–water partition coefficient (Wildman–Crippen LogP) is 3.05. The molecule has 3 rings (SSSR count). The van der Waals surface area contributed by atoms with Crippen LogP contribution in [0.25, 0.3) is 5.70 Å². The summed E-state index contributed by atoms with van der Waals surface area (Å²) in [7, 11) is 3.33. The minimum Gasteiger partial charge on any atom is -0.496 e. The van der Waals surface area contributed by atoms with Gasteiger partial charge in [0.1, 0.15) is 18.2 Å². The summed E-state index contributed by atoms with van der Waals surface area (Å²) >= 11 is 0. The highest BCUT2D eigenvalue weighted by atomic mass is 16.5. The second kappa shape index (κ2) is 7.19. The van der Waals surface area contributed by atoms with Gasteiger partial charge in [-0.3, -0.25) is 4.99 Å². The topological polar surface area (TPSA) is 60.1 Å². The highest BCUT2D eigenvalue weighted by Gasteiger charge is 2.19. The molecule has 0 spiro atoms. The molecule has 0 fully saturated rings. The van der Waals surface area contributed by atoms with E-state index in [1.165, 1.54) is 0 Å². The summed E-state index contributed by atoms with van der Waals surface area (Å²) in [4.78, 5) is 6.52. The summed E-state index contributed by atoms with van der Waals surface area (Å²) in [6, 6.07) is 14.0. The van der Waals surface area contributed by atoms with Gasteiger partial charge in [-0.25, -0.2) is 0 Å². The molecular formula is C19H21N3O2. The molecule has 24 heavy (non-hydrogen) atoms. The minimum absolute atomic E-state index is 0.418. The van der Waals surface area contributed by atoms with Crippen LogP contribution in [-0.4, -0.2) is 27.1 Å². The Morgan fingerprint density at radius 2 is 1.88 bits per heavy atom. The lowest BCUT2D eigenvalue weighted by atomic mass is 10.1. The van der Waals surface area contributed by atoms with Crippen molar-refractivity contribution in [2.45, 2.75) is 6.54 Å². The number of para-hydroxylation sites is 1. The number of allylic oxidation sites excluding steroid dienone is 1. The van der Waals surface area contributed by atoms with Gasteiger partial charge in [0.05, 0.1) is 19.9 Å². The number of methoxy groups -OCH3 is 2. The first-order valence-electron chi connectivity index (χ1n) is 7.76. The van der Waals surface area contributed by atoms with Gasteiger partial charge in [-0.15, -0.1) is 0 Å². The van der Waals surface area contributed by atoms with E-state index in [4.69, 9.17) is 15.2 Å². The van der Waals surface area contributed by atoms with Crippen molar-refractivity contribution in [2.24, 2.45) is 10.7 Å². The zero-order valence-electron chi connectivity index (χ0n) is 13.9. The number of ether oxygens (including phenoxy) is 2. The van der Waals surface area contributed by atoms with Gasteiger partial charge in [-0.1, -0.05) is 12.1 Å². The summed E-state index contributed by atoms with van der Waals surface area (Å²) < 4.78 is 10.9. The summed E-state index contributed by atoms with van der Waals surface area (Å²) in [5.74, 6) is 1.63. The lowest BCUT2D eigenvalue weighted by Gasteiger charge is -2.29. The first-order valence-corrected chi connectivity index (χ1v) is 7.76. The third-order valence-corrected chi connectivity index (χ3v) is 4.03. The second-order valence-corrected chi connectivity index (χ2v) is 5.35. The summed E-state index contributed by atoms with van der Waals surface area (Å²) in [6.45, 7) is 0.960. The SMILES string of the molecule is COc1ccc(N2CN=CC=C2c2ccccc2OC)cc1CN. The van der Waals surface area contributed by atoms with E-state index >= 15 is 0 Å². The van der Waals surface area contributed by atoms with Gasteiger partial charge in [-0.2, -0.15) is 0 Å². The quantitative estimate of drug-likeness (QED) is 0.919. The Bertz CT molecular complexity index is 784. The molecule has 0 saturated heterocycles. The molecule has 0 aromatic heterocycles. The predicted molar refractivity (Wildman–Crippen MR) is 97.7 cm³/mol. The third kappa shape index (κ3) is 2.98. The average Bonchev–Trinajstić information content (AvgIpc) is 2.67. The fraction of sp³-hybridized carbons (Fsp3) is 0.211. The Kier molecular flexibility index (Phi) is 4.82. The van der Waals surface area contributed by atoms with Crippen molar-refractivity contribution in [3.63, 3.8) is 0 Å². The van der Waals surface area contributed by atoms with Crippen molar-refractivity contribution in [3.05, 3.63) is 59.7 Å². The molecule has 0 radical (unpaired) electrons. The summed E-state index contributed by atoms with van der Waals surface area (Å²) in [6.07, 6.45) is 3.82. The number of hydrogen-bond donors (Lipinski definition) is 1. The van der Waals surface area contributed by atoms with Gasteiger partial charge in [0.2, 0.25) is 0 Å². The van der Waals surface area contributed by atoms with Crippen molar-refractivity contribution in [1.82, 2.24) is 0 Å². The number of anilines is 1. The Balaban J connectivity index is 2.04. The molecule has 5 heteroatoms. The van der Waals surface area contributed by atoms with E-state index in [0.717, 1.165) is 34.0 Å². The van der Waals surface area contributed by atoms with Crippen LogP contribution in [0, 0.1) is 0 Å². The molecular weight excluding hydrogens is 302 g/mol. The fourth-order valence-corrected chi connectivity index (χ4v) is 2.82. The maximum absolute atomic E-state index is 5.85. The first-order chi connectivity index (χ1) is 11.8. The van der Waals surface area contributed by atoms with Gasteiger partial charge in [0.25, 0.3) is 0 Å². The Labute approximate surface area is 142 Å². The average molecular weight is 323 g/mol. The smallest absolute Gasteiger partial charge is 0.128 e. The number of rotatable bonds is 5. The van der Waals surface area contributed by atoms with Crippen LogP contribution in [0.1, 0.15) is 11.1 Å². The van der Waals surface area contributed by atoms with Crippen LogP contribution in [0.4, 0.5) is 5.69 Å². The van der Waals surface area contributed by atoms with Gasteiger partial charge in [0.15, 0.2) is 0 Å². The number of nitrogens with zero attached hydrogens (tertiary/aromatic N) is 2. The molecule has 5 nitrogen and oxygen atoms in total. The van der Waals surface area contributed by atoms with Crippen molar-refractivity contribution >= 4 is 17.6 Å². The fourth-order valence-electron chi connectivity index (χ4n) is 2.82. The molecule has 2 N–H and O–H groups in total. The van der Waals surface area contributed by atoms with Gasteiger partial charge in [-0.05, 0) is 36.4 Å². The maximum atomic E-state index is 5.85. The summed E-state index contributed by atoms with van der Waals surface area (Å²) in [5, 5.41) is 0. The van der Waals surface area contributed by atoms with Gasteiger partial charge in [0, 0.05) is 29.6 Å². The van der Waals surface area contributed by atoms with E-state index in [1.54, 1.807) is 14.2 Å². The van der Waals surface area contributed by atoms with E-state index in [9.17, 15) is 0 Å². The van der Waals surface area contributed by atoms with Crippen LogP contribution in [0.5, 0.6) is 11.5 Å². The minimum atomic E-state index is 0.418. The Morgan fingerprint density at radius 1 is 1.08 bits per heavy atom. The lowest BCUT2D eigenvalue weighted by molar-refractivity contribution is 0.410. The van der Waals surface area contributed by atoms with Crippen molar-refractivity contribution in [3.8, 4) is 11.5 Å². The van der Waals surface area contributed by atoms with Crippen molar-refractivity contribution in [2.75, 3.05) is 25.8 Å². The van der Waals surface area contributed by atoms with Crippen LogP contribution in [-0.2, 0) is 6.54 Å². The van der Waals surface area contributed by atoms with Crippen molar-refractivity contribution < 1.29 is 9.47 Å². The van der Waals surface area contributed by atoms with E-state index < -0.39 is 0 Å². The standard InChI is InChI=1S/C19H21N3O2/c1-23-18-8-7-15(11-14(18)12-20)22-13-21-10-9-17(22)16-5-3-4-6-19(16)24-2/h3-11H,12-13,20H2,1-2H3. The van der Waals surface area contributed by atoms with E-state index in [0.29, 0.717) is 13.2 Å². The largest absolute Gasteiger partial charge is 0.496 e. The van der Waals surface area contributed by atoms with E-state index in [1.807, 2.05) is 54.8 Å². The zero-order valence-corrected chi connectivity index (χ0v) is 13.9. The zero-order chi connectivity index (χ0) is 16.9. The number of nitrogens with two attached hydrogens (primary N) is 1. The molecule has 0 bridgehead atoms. The van der Waals surface area contributed by atoms with Gasteiger partial charge < -0.3 is 20.1 Å². The Morgan fingerprint density at radius 3 is 2.62 bits per heavy atom. The molecule has 2 aromatic carbocycles. The molecule has 124 valence electrons. The molecule has 0 saturated carbocycles. The molecule has 2 aromatic rings. The molecule has 0 unspecified atom stereocenters. The monoisotopic (exact) mass is 323 g/mol. The van der Waals surface area contributed by atoms with E-state index in [2.05, 4.69) is 9.89 Å². The molecule has 0 amide bonds. The first kappa shape index (κ1) is 16.1. The van der Waals surface area contributed by atoms with Crippen LogP contribution in [0.15, 0.2) is 53.5 Å². The normalized spacial score (nSPS) is 13.6. The lowest BCUT2D eigenvalue weighted by Crippen LogP contribution is -2.24. The Hall–Kier alpha value is -2.79. The van der Waals surface area contributed by atoms with Crippen LogP contribution in [0.2, 0.25) is 0 Å². The molecule has 1 heterocycles. The van der Waals surface area contributed by atoms with Crippen molar-refractivity contribution in [1.29, 1.82) is 0 Å². The van der Waals surface area contributed by atoms with Crippen LogP contribution < -0.4 is 20.1 Å². The van der Waals surface area contributed by atoms with Crippen LogP contribution in [0.3, 0.4) is 0 Å². The van der Waals surface area contributed by atoms with Gasteiger partial charge >= 0.3 is 0 Å². The number of hydrogen-bond acceptors (Lipinski definition) is 5. The van der Waals surface area contributed by atoms with E-state index in [-0.39, 0.29) is 0 Å². The number of aliphatic imine (C=N–C) groups is 1. The van der Waals surface area contributed by atoms with Crippen LogP contribution >= 0.6 is 0 Å². The number of benzene rings is 2. The molecule has 1 aliphatic rings. The maximum Gasteiger partial charge on any atom is 0.128 e. The second-order valence-electron chi connectivity index (χ2n) is 5.35. The summed E-state index contributed by atoms with van der Waals surface area (Å²) in [5.41, 5.74) is 9.90. The molecule has 0 atom stereocenters. The third-order valence-electron chi connectivity index (χ3n) is 4.03. The molecule has 0 aliphatic carbocycles.